The summed E-state index contributed by atoms with van der Waals surface area (Å²) in [7, 11) is 0. The first-order valence-corrected chi connectivity index (χ1v) is 2.78. The van der Waals surface area contributed by atoms with Crippen LogP contribution in [0.4, 0.5) is 0 Å². The number of carbonyl (C=O) groups is 3. The Morgan fingerprint density at radius 3 is 0.692 bits per heavy atom. The minimum atomic E-state index is -0.833. The smallest absolute Gasteiger partial charge is 0.300 e. The summed E-state index contributed by atoms with van der Waals surface area (Å²) in [5.41, 5.74) is 0. The van der Waals surface area contributed by atoms with Crippen LogP contribution in [0.25, 0.3) is 0 Å². The molecule has 0 spiro atoms. The third-order valence-electron chi connectivity index (χ3n) is 0. The molecule has 0 aromatic heterocycles. The molecule has 0 bridgehead atoms. The summed E-state index contributed by atoms with van der Waals surface area (Å²) in [5, 5.41) is 22.2. The summed E-state index contributed by atoms with van der Waals surface area (Å²) < 4.78 is 0. The van der Waals surface area contributed by atoms with Crippen molar-refractivity contribution in [3.63, 3.8) is 0 Å². The van der Waals surface area contributed by atoms with E-state index >= 15 is 0 Å². The van der Waals surface area contributed by atoms with Crippen LogP contribution in [0.15, 0.2) is 0 Å². The summed E-state index contributed by atoms with van der Waals surface area (Å²) in [5.74, 6) is -2.50. The second-order valence-corrected chi connectivity index (χ2v) is 1.56. The molecule has 0 aliphatic carbocycles. The number of carboxylic acids is 3. The van der Waals surface area contributed by atoms with Gasteiger partial charge in [0.25, 0.3) is 17.9 Å². The zero-order chi connectivity index (χ0) is 10.7. The van der Waals surface area contributed by atoms with Crippen LogP contribution in [0, 0.1) is 0 Å². The molecule has 0 aliphatic heterocycles. The fraction of sp³-hybridized carbons (Fsp3) is 0.500. The number of aliphatic carboxylic acids is 3. The second-order valence-electron chi connectivity index (χ2n) is 1.56. The molecule has 0 atom stereocenters. The van der Waals surface area contributed by atoms with Crippen molar-refractivity contribution >= 4 is 35.3 Å². The van der Waals surface area contributed by atoms with Gasteiger partial charge >= 0.3 is 0 Å². The topological polar surface area (TPSA) is 112 Å². The standard InChI is InChI=1S/3C2H4O2.Al.3H/c3*1-2(3)4;;;;/h3*1H3,(H,3,4);;;;. The van der Waals surface area contributed by atoms with Gasteiger partial charge in [-0.25, -0.2) is 0 Å². The van der Waals surface area contributed by atoms with Crippen molar-refractivity contribution in [3.8, 4) is 0 Å². The van der Waals surface area contributed by atoms with E-state index in [0.717, 1.165) is 20.8 Å². The van der Waals surface area contributed by atoms with Crippen molar-refractivity contribution in [2.75, 3.05) is 0 Å². The van der Waals surface area contributed by atoms with Gasteiger partial charge in [-0.3, -0.25) is 14.4 Å². The summed E-state index contributed by atoms with van der Waals surface area (Å²) >= 11 is 0. The average molecular weight is 210 g/mol. The third-order valence-corrected chi connectivity index (χ3v) is 0. The van der Waals surface area contributed by atoms with Crippen LogP contribution in [0.5, 0.6) is 0 Å². The van der Waals surface area contributed by atoms with E-state index in [1.165, 1.54) is 0 Å². The predicted molar refractivity (Wildman–Crippen MR) is 49.9 cm³/mol. The van der Waals surface area contributed by atoms with E-state index < -0.39 is 17.9 Å². The number of carboxylic acid groups (broad SMARTS) is 3. The van der Waals surface area contributed by atoms with E-state index in [1.807, 2.05) is 0 Å². The first-order chi connectivity index (χ1) is 5.20. The Morgan fingerprint density at radius 1 is 0.692 bits per heavy atom. The maximum absolute atomic E-state index is 9.00. The van der Waals surface area contributed by atoms with E-state index in [-0.39, 0.29) is 17.4 Å². The molecule has 0 aromatic carbocycles. The van der Waals surface area contributed by atoms with Gasteiger partial charge in [-0.05, 0) is 0 Å². The van der Waals surface area contributed by atoms with E-state index in [9.17, 15) is 0 Å². The monoisotopic (exact) mass is 210 g/mol. The molecule has 6 nitrogen and oxygen atoms in total. The molecule has 0 amide bonds. The van der Waals surface area contributed by atoms with Gasteiger partial charge in [-0.1, -0.05) is 0 Å². The van der Waals surface area contributed by atoms with E-state index in [4.69, 9.17) is 29.7 Å². The predicted octanol–water partition coefficient (Wildman–Crippen LogP) is -0.911. The minimum absolute atomic E-state index is 0. The maximum Gasteiger partial charge on any atom is 0.300 e. The molecule has 0 unspecified atom stereocenters. The first kappa shape index (κ1) is 22.7. The van der Waals surface area contributed by atoms with Crippen LogP contribution in [0.3, 0.4) is 0 Å². The lowest BCUT2D eigenvalue weighted by Crippen LogP contribution is -1.78. The Balaban J connectivity index is -0.0000000450. The summed E-state index contributed by atoms with van der Waals surface area (Å²) in [4.78, 5) is 27.0. The summed E-state index contributed by atoms with van der Waals surface area (Å²) in [6.45, 7) is 3.25. The van der Waals surface area contributed by atoms with Crippen LogP contribution >= 0.6 is 0 Å². The van der Waals surface area contributed by atoms with Crippen molar-refractivity contribution < 1.29 is 29.7 Å². The normalized spacial score (nSPS) is 5.77. The lowest BCUT2D eigenvalue weighted by molar-refractivity contribution is -0.135. The van der Waals surface area contributed by atoms with Crippen LogP contribution in [-0.4, -0.2) is 50.6 Å². The highest BCUT2D eigenvalue weighted by Crippen LogP contribution is 1.42. The Kier molecular flexibility index (Phi) is 29.9. The fourth-order valence-electron chi connectivity index (χ4n) is 0. The average Bonchev–Trinajstić information content (AvgIpc) is 1.54. The largest absolute Gasteiger partial charge is 0.481 e. The molecular weight excluding hydrogens is 195 g/mol. The van der Waals surface area contributed by atoms with Crippen LogP contribution in [0.1, 0.15) is 20.8 Å². The van der Waals surface area contributed by atoms with Crippen LogP contribution in [-0.2, 0) is 14.4 Å². The van der Waals surface area contributed by atoms with Gasteiger partial charge < -0.3 is 15.3 Å². The molecule has 7 heteroatoms. The first-order valence-electron chi connectivity index (χ1n) is 2.78. The Labute approximate surface area is 86.3 Å². The van der Waals surface area contributed by atoms with Gasteiger partial charge in [-0.15, -0.1) is 0 Å². The highest BCUT2D eigenvalue weighted by molar-refractivity contribution is 5.75. The maximum atomic E-state index is 9.00. The molecule has 0 radical (unpaired) electrons. The molecule has 0 rings (SSSR count). The van der Waals surface area contributed by atoms with Gasteiger partial charge in [0.15, 0.2) is 17.4 Å². The van der Waals surface area contributed by atoms with Gasteiger partial charge in [0, 0.05) is 20.8 Å². The minimum Gasteiger partial charge on any atom is -0.481 e. The zero-order valence-corrected chi connectivity index (χ0v) is 7.07. The van der Waals surface area contributed by atoms with Crippen molar-refractivity contribution in [3.05, 3.63) is 0 Å². The van der Waals surface area contributed by atoms with E-state index in [1.54, 1.807) is 0 Å². The SMILES string of the molecule is CC(=O)O.CC(=O)O.CC(=O)O.[AlH3]. The Hall–Kier alpha value is -1.06. The quantitative estimate of drug-likeness (QED) is 0.446. The Morgan fingerprint density at radius 2 is 0.692 bits per heavy atom. The molecule has 3 N–H and O–H groups in total. The molecule has 0 heterocycles. The molecule has 0 saturated carbocycles. The molecule has 0 saturated heterocycles. The molecular formula is C6H15AlO6. The van der Waals surface area contributed by atoms with Crippen molar-refractivity contribution in [2.45, 2.75) is 20.8 Å². The lowest BCUT2D eigenvalue weighted by atomic mass is 10.9. The molecule has 78 valence electrons. The Bertz CT molecular complexity index is 115. The molecule has 13 heavy (non-hydrogen) atoms. The molecule has 0 fully saturated rings. The van der Waals surface area contributed by atoms with Crippen molar-refractivity contribution in [2.24, 2.45) is 0 Å². The van der Waals surface area contributed by atoms with Gasteiger partial charge in [0.2, 0.25) is 0 Å². The van der Waals surface area contributed by atoms with Gasteiger partial charge in [0.05, 0.1) is 0 Å². The summed E-state index contributed by atoms with van der Waals surface area (Å²) in [6.07, 6.45) is 0. The van der Waals surface area contributed by atoms with E-state index in [0.29, 0.717) is 0 Å². The summed E-state index contributed by atoms with van der Waals surface area (Å²) in [6, 6.07) is 0. The van der Waals surface area contributed by atoms with Crippen LogP contribution in [0.2, 0.25) is 0 Å². The number of rotatable bonds is 0. The highest BCUT2D eigenvalue weighted by Gasteiger charge is 1.66. The highest BCUT2D eigenvalue weighted by atomic mass is 27.0. The van der Waals surface area contributed by atoms with Gasteiger partial charge in [-0.2, -0.15) is 0 Å². The van der Waals surface area contributed by atoms with Crippen LogP contribution < -0.4 is 0 Å². The van der Waals surface area contributed by atoms with Crippen molar-refractivity contribution in [1.29, 1.82) is 0 Å². The van der Waals surface area contributed by atoms with Crippen molar-refractivity contribution in [1.82, 2.24) is 0 Å². The lowest BCUT2D eigenvalue weighted by Gasteiger charge is -1.59. The second kappa shape index (κ2) is 17.1. The van der Waals surface area contributed by atoms with E-state index in [2.05, 4.69) is 0 Å². The third kappa shape index (κ3) is 782. The fourth-order valence-corrected chi connectivity index (χ4v) is 0. The van der Waals surface area contributed by atoms with Gasteiger partial charge in [0.1, 0.15) is 0 Å². The number of hydrogen-bond acceptors (Lipinski definition) is 3. The zero-order valence-electron chi connectivity index (χ0n) is 7.07. The number of hydrogen-bond donors (Lipinski definition) is 3. The molecule has 0 aromatic rings. The molecule has 0 aliphatic rings.